The van der Waals surface area contributed by atoms with E-state index in [-0.39, 0.29) is 5.75 Å². The Morgan fingerprint density at radius 1 is 1.04 bits per heavy atom. The Kier molecular flexibility index (Phi) is 4.24. The molecule has 0 unspecified atom stereocenters. The maximum Gasteiger partial charge on any atom is 0.343 e. The molecule has 1 heterocycles. The summed E-state index contributed by atoms with van der Waals surface area (Å²) < 4.78 is 15.9. The van der Waals surface area contributed by atoms with E-state index in [2.05, 4.69) is 0 Å². The summed E-state index contributed by atoms with van der Waals surface area (Å²) in [5, 5.41) is 9.32. The summed E-state index contributed by atoms with van der Waals surface area (Å²) in [6, 6.07) is 11.8. The maximum absolute atomic E-state index is 12.1. The lowest BCUT2D eigenvalue weighted by molar-refractivity contribution is -0.130. The molecule has 5 nitrogen and oxygen atoms in total. The molecule has 0 aromatic heterocycles. The molecule has 24 heavy (non-hydrogen) atoms. The standard InChI is InChI=1S/C19H16O5/c1-22-15-7-8-17(23-2)16(11-15)18-10-13(19(21)24-18)9-12-3-5-14(20)6-4-12/h3-11,20H,1-2H3/b13-9-. The second-order valence-corrected chi connectivity index (χ2v) is 5.16. The van der Waals surface area contributed by atoms with Gasteiger partial charge in [0.1, 0.15) is 23.0 Å². The maximum atomic E-state index is 12.1. The summed E-state index contributed by atoms with van der Waals surface area (Å²) >= 11 is 0. The van der Waals surface area contributed by atoms with Gasteiger partial charge >= 0.3 is 5.97 Å². The number of ether oxygens (including phenoxy) is 3. The van der Waals surface area contributed by atoms with E-state index in [4.69, 9.17) is 14.2 Å². The summed E-state index contributed by atoms with van der Waals surface area (Å²) in [4.78, 5) is 12.1. The van der Waals surface area contributed by atoms with Gasteiger partial charge in [0.2, 0.25) is 0 Å². The third-order valence-corrected chi connectivity index (χ3v) is 3.61. The zero-order valence-corrected chi connectivity index (χ0v) is 13.3. The number of carbonyl (C=O) groups excluding carboxylic acids is 1. The number of methoxy groups -OCH3 is 2. The van der Waals surface area contributed by atoms with E-state index < -0.39 is 5.97 Å². The molecular weight excluding hydrogens is 308 g/mol. The van der Waals surface area contributed by atoms with Crippen molar-refractivity contribution in [3.8, 4) is 17.2 Å². The van der Waals surface area contributed by atoms with Crippen LogP contribution in [0.15, 0.2) is 54.1 Å². The van der Waals surface area contributed by atoms with Gasteiger partial charge in [-0.2, -0.15) is 0 Å². The molecule has 1 aliphatic rings. The molecule has 1 N–H and O–H groups in total. The lowest BCUT2D eigenvalue weighted by atomic mass is 10.1. The average Bonchev–Trinajstić information content (AvgIpc) is 2.97. The van der Waals surface area contributed by atoms with Crippen LogP contribution >= 0.6 is 0 Å². The smallest absolute Gasteiger partial charge is 0.343 e. The van der Waals surface area contributed by atoms with E-state index in [1.807, 2.05) is 0 Å². The van der Waals surface area contributed by atoms with Crippen LogP contribution in [0.1, 0.15) is 11.1 Å². The van der Waals surface area contributed by atoms with Gasteiger partial charge in [0.05, 0.1) is 25.4 Å². The van der Waals surface area contributed by atoms with Crippen LogP contribution in [0.25, 0.3) is 11.8 Å². The zero-order valence-electron chi connectivity index (χ0n) is 13.3. The lowest BCUT2D eigenvalue weighted by Crippen LogP contribution is -1.98. The molecular formula is C19H16O5. The highest BCUT2D eigenvalue weighted by atomic mass is 16.5. The fraction of sp³-hybridized carbons (Fsp3) is 0.105. The Hall–Kier alpha value is -3.21. The van der Waals surface area contributed by atoms with Crippen LogP contribution in [0.2, 0.25) is 0 Å². The van der Waals surface area contributed by atoms with Gasteiger partial charge < -0.3 is 19.3 Å². The van der Waals surface area contributed by atoms with Gasteiger partial charge in [0.15, 0.2) is 0 Å². The Morgan fingerprint density at radius 2 is 1.79 bits per heavy atom. The molecule has 5 heteroatoms. The Balaban J connectivity index is 1.98. The van der Waals surface area contributed by atoms with Crippen molar-refractivity contribution in [2.24, 2.45) is 0 Å². The molecule has 122 valence electrons. The molecule has 0 atom stereocenters. The molecule has 2 aromatic carbocycles. The number of benzene rings is 2. The third kappa shape index (κ3) is 3.10. The van der Waals surface area contributed by atoms with Gasteiger partial charge in [-0.05, 0) is 48.0 Å². The van der Waals surface area contributed by atoms with Crippen molar-refractivity contribution < 1.29 is 24.1 Å². The average molecular weight is 324 g/mol. The van der Waals surface area contributed by atoms with Crippen molar-refractivity contribution in [1.29, 1.82) is 0 Å². The third-order valence-electron chi connectivity index (χ3n) is 3.61. The molecule has 0 saturated heterocycles. The Labute approximate surface area is 139 Å². The van der Waals surface area contributed by atoms with E-state index in [0.717, 1.165) is 5.56 Å². The van der Waals surface area contributed by atoms with Crippen molar-refractivity contribution in [1.82, 2.24) is 0 Å². The largest absolute Gasteiger partial charge is 0.508 e. The first-order valence-corrected chi connectivity index (χ1v) is 7.27. The molecule has 0 saturated carbocycles. The predicted molar refractivity (Wildman–Crippen MR) is 89.7 cm³/mol. The van der Waals surface area contributed by atoms with Crippen molar-refractivity contribution >= 4 is 17.8 Å². The number of aromatic hydroxyl groups is 1. The van der Waals surface area contributed by atoms with Crippen molar-refractivity contribution in [3.05, 3.63) is 65.2 Å². The quantitative estimate of drug-likeness (QED) is 0.690. The van der Waals surface area contributed by atoms with E-state index in [0.29, 0.717) is 28.4 Å². The van der Waals surface area contributed by atoms with Crippen LogP contribution in [-0.2, 0) is 9.53 Å². The van der Waals surface area contributed by atoms with Crippen LogP contribution in [0.3, 0.4) is 0 Å². The van der Waals surface area contributed by atoms with Crippen LogP contribution < -0.4 is 9.47 Å². The molecule has 0 fully saturated rings. The molecule has 0 aliphatic carbocycles. The molecule has 3 rings (SSSR count). The number of hydrogen-bond acceptors (Lipinski definition) is 5. The normalized spacial score (nSPS) is 15.2. The molecule has 0 spiro atoms. The van der Waals surface area contributed by atoms with Crippen LogP contribution in [0, 0.1) is 0 Å². The van der Waals surface area contributed by atoms with Crippen LogP contribution in [-0.4, -0.2) is 25.3 Å². The predicted octanol–water partition coefficient (Wildman–Crippen LogP) is 3.39. The number of phenolic OH excluding ortho intramolecular Hbond substituents is 1. The van der Waals surface area contributed by atoms with Gasteiger partial charge in [-0.25, -0.2) is 4.79 Å². The first-order valence-electron chi connectivity index (χ1n) is 7.27. The molecule has 2 aromatic rings. The van der Waals surface area contributed by atoms with Crippen LogP contribution in [0.5, 0.6) is 17.2 Å². The molecule has 0 bridgehead atoms. The van der Waals surface area contributed by atoms with Gasteiger partial charge in [0, 0.05) is 0 Å². The van der Waals surface area contributed by atoms with E-state index in [9.17, 15) is 9.90 Å². The van der Waals surface area contributed by atoms with Gasteiger partial charge in [-0.1, -0.05) is 12.1 Å². The van der Waals surface area contributed by atoms with E-state index in [1.165, 1.54) is 0 Å². The fourth-order valence-electron chi connectivity index (χ4n) is 2.38. The number of phenols is 1. The summed E-state index contributed by atoms with van der Waals surface area (Å²) in [6.45, 7) is 0. The van der Waals surface area contributed by atoms with Crippen LogP contribution in [0.4, 0.5) is 0 Å². The number of esters is 1. The highest BCUT2D eigenvalue weighted by molar-refractivity contribution is 6.05. The Morgan fingerprint density at radius 3 is 2.46 bits per heavy atom. The second-order valence-electron chi connectivity index (χ2n) is 5.16. The summed E-state index contributed by atoms with van der Waals surface area (Å²) in [6.07, 6.45) is 3.36. The topological polar surface area (TPSA) is 65.0 Å². The SMILES string of the molecule is COc1ccc(OC)c(C2=C/C(=C/c3ccc(O)cc3)C(=O)O2)c1. The Bertz CT molecular complexity index is 831. The van der Waals surface area contributed by atoms with Crippen molar-refractivity contribution in [2.75, 3.05) is 14.2 Å². The number of rotatable bonds is 4. The summed E-state index contributed by atoms with van der Waals surface area (Å²) in [5.41, 5.74) is 1.84. The second kappa shape index (κ2) is 6.50. The highest BCUT2D eigenvalue weighted by Crippen LogP contribution is 2.35. The van der Waals surface area contributed by atoms with Crippen molar-refractivity contribution in [2.45, 2.75) is 0 Å². The number of hydrogen-bond donors (Lipinski definition) is 1. The summed E-state index contributed by atoms with van der Waals surface area (Å²) in [5.74, 6) is 1.35. The first kappa shape index (κ1) is 15.7. The monoisotopic (exact) mass is 324 g/mol. The van der Waals surface area contributed by atoms with Crippen molar-refractivity contribution in [3.63, 3.8) is 0 Å². The fourth-order valence-corrected chi connectivity index (χ4v) is 2.38. The lowest BCUT2D eigenvalue weighted by Gasteiger charge is -2.10. The molecule has 0 amide bonds. The zero-order chi connectivity index (χ0) is 17.1. The van der Waals surface area contributed by atoms with E-state index >= 15 is 0 Å². The minimum atomic E-state index is -0.442. The number of cyclic esters (lactones) is 1. The van der Waals surface area contributed by atoms with Gasteiger partial charge in [-0.15, -0.1) is 0 Å². The van der Waals surface area contributed by atoms with E-state index in [1.54, 1.807) is 68.8 Å². The molecule has 0 radical (unpaired) electrons. The number of carbonyl (C=O) groups is 1. The summed E-state index contributed by atoms with van der Waals surface area (Å²) in [7, 11) is 3.12. The first-order chi connectivity index (χ1) is 11.6. The minimum Gasteiger partial charge on any atom is -0.508 e. The highest BCUT2D eigenvalue weighted by Gasteiger charge is 2.24. The minimum absolute atomic E-state index is 0.170. The molecule has 1 aliphatic heterocycles. The van der Waals surface area contributed by atoms with Gasteiger partial charge in [0.25, 0.3) is 0 Å². The van der Waals surface area contributed by atoms with Gasteiger partial charge in [-0.3, -0.25) is 0 Å².